The van der Waals surface area contributed by atoms with Crippen molar-refractivity contribution in [2.75, 3.05) is 13.2 Å². The van der Waals surface area contributed by atoms with Crippen LogP contribution in [-0.2, 0) is 4.74 Å². The zero-order valence-corrected chi connectivity index (χ0v) is 7.65. The van der Waals surface area contributed by atoms with E-state index >= 15 is 0 Å². The van der Waals surface area contributed by atoms with Gasteiger partial charge in [-0.2, -0.15) is 0 Å². The molecule has 0 unspecified atom stereocenters. The van der Waals surface area contributed by atoms with Gasteiger partial charge in [-0.05, 0) is 6.42 Å². The molecule has 0 spiro atoms. The van der Waals surface area contributed by atoms with Crippen molar-refractivity contribution in [2.45, 2.75) is 18.2 Å². The van der Waals surface area contributed by atoms with E-state index in [2.05, 4.69) is 28.8 Å². The van der Waals surface area contributed by atoms with Crippen LogP contribution in [0.25, 0.3) is 0 Å². The minimum absolute atomic E-state index is 0.358. The van der Waals surface area contributed by atoms with Gasteiger partial charge in [0.2, 0.25) is 0 Å². The fraction of sp³-hybridized carbons (Fsp3) is 0.750. The Morgan fingerprint density at radius 1 is 1.90 bits per heavy atom. The van der Waals surface area contributed by atoms with Crippen molar-refractivity contribution < 1.29 is 4.74 Å². The first-order chi connectivity index (χ1) is 4.69. The third kappa shape index (κ3) is 1.74. The Hall–Kier alpha value is 0. The molecule has 2 atom stereocenters. The van der Waals surface area contributed by atoms with Gasteiger partial charge in [0.05, 0.1) is 6.61 Å². The quantitative estimate of drug-likeness (QED) is 0.386. The average Bonchev–Trinajstić information content (AvgIpc) is 2.42. The van der Waals surface area contributed by atoms with Crippen LogP contribution in [-0.4, -0.2) is 18.0 Å². The summed E-state index contributed by atoms with van der Waals surface area (Å²) in [6.07, 6.45) is 6.23. The second kappa shape index (κ2) is 2.94. The summed E-state index contributed by atoms with van der Waals surface area (Å²) in [6, 6.07) is 0. The number of alkyl halides is 1. The molecule has 0 aromatic rings. The summed E-state index contributed by atoms with van der Waals surface area (Å²) in [5.74, 6) is 2.45. The van der Waals surface area contributed by atoms with E-state index in [0.717, 1.165) is 6.61 Å². The van der Waals surface area contributed by atoms with Crippen molar-refractivity contribution >= 4 is 15.9 Å². The monoisotopic (exact) mass is 202 g/mol. The van der Waals surface area contributed by atoms with Crippen molar-refractivity contribution in [3.8, 4) is 12.3 Å². The minimum Gasteiger partial charge on any atom is -0.368 e. The van der Waals surface area contributed by atoms with E-state index in [1.54, 1.807) is 0 Å². The number of hydrogen-bond acceptors (Lipinski definition) is 1. The van der Waals surface area contributed by atoms with Crippen molar-refractivity contribution in [3.05, 3.63) is 0 Å². The van der Waals surface area contributed by atoms with Crippen LogP contribution in [0, 0.1) is 17.8 Å². The van der Waals surface area contributed by atoms with Crippen molar-refractivity contribution in [2.24, 2.45) is 5.41 Å². The molecule has 0 saturated heterocycles. The van der Waals surface area contributed by atoms with E-state index < -0.39 is 0 Å². The highest BCUT2D eigenvalue weighted by molar-refractivity contribution is 9.09. The molecule has 1 rings (SSSR count). The SMILES string of the molecule is C#CCOC[C@]1(C)C[C@@H]1Br. The molecule has 0 aromatic heterocycles. The Morgan fingerprint density at radius 3 is 2.90 bits per heavy atom. The minimum atomic E-state index is 0.358. The number of ether oxygens (including phenoxy) is 1. The maximum atomic E-state index is 5.21. The third-order valence-electron chi connectivity index (χ3n) is 1.86. The Labute approximate surface area is 70.3 Å². The maximum absolute atomic E-state index is 5.21. The van der Waals surface area contributed by atoms with Gasteiger partial charge in [0.15, 0.2) is 0 Å². The van der Waals surface area contributed by atoms with Crippen molar-refractivity contribution in [3.63, 3.8) is 0 Å². The predicted octanol–water partition coefficient (Wildman–Crippen LogP) is 1.81. The summed E-state index contributed by atoms with van der Waals surface area (Å²) in [5, 5.41) is 0. The van der Waals surface area contributed by atoms with Crippen LogP contribution >= 0.6 is 15.9 Å². The van der Waals surface area contributed by atoms with Crippen LogP contribution in [0.15, 0.2) is 0 Å². The molecule has 1 nitrogen and oxygen atoms in total. The summed E-state index contributed by atoms with van der Waals surface area (Å²) in [7, 11) is 0. The number of hydrogen-bond donors (Lipinski definition) is 0. The molecule has 0 N–H and O–H groups in total. The highest BCUT2D eigenvalue weighted by atomic mass is 79.9. The molecular formula is C8H11BrO. The Kier molecular flexibility index (Phi) is 2.38. The fourth-order valence-corrected chi connectivity index (χ4v) is 1.71. The summed E-state index contributed by atoms with van der Waals surface area (Å²) in [6.45, 7) is 3.42. The first-order valence-corrected chi connectivity index (χ1v) is 4.26. The summed E-state index contributed by atoms with van der Waals surface area (Å²) in [4.78, 5) is 0.637. The lowest BCUT2D eigenvalue weighted by atomic mass is 10.2. The largest absolute Gasteiger partial charge is 0.368 e. The van der Waals surface area contributed by atoms with E-state index in [4.69, 9.17) is 11.2 Å². The zero-order valence-electron chi connectivity index (χ0n) is 6.06. The average molecular weight is 203 g/mol. The van der Waals surface area contributed by atoms with Gasteiger partial charge >= 0.3 is 0 Å². The number of terminal acetylenes is 1. The van der Waals surface area contributed by atoms with Gasteiger partial charge in [-0.3, -0.25) is 0 Å². The summed E-state index contributed by atoms with van der Waals surface area (Å²) >= 11 is 3.53. The van der Waals surface area contributed by atoms with Crippen LogP contribution in [0.1, 0.15) is 13.3 Å². The number of halogens is 1. The molecular weight excluding hydrogens is 192 g/mol. The van der Waals surface area contributed by atoms with Crippen molar-refractivity contribution in [1.82, 2.24) is 0 Å². The van der Waals surface area contributed by atoms with E-state index in [-0.39, 0.29) is 0 Å². The molecule has 0 radical (unpaired) electrons. The molecule has 1 aliphatic rings. The third-order valence-corrected chi connectivity index (χ3v) is 3.29. The molecule has 56 valence electrons. The molecule has 0 amide bonds. The first-order valence-electron chi connectivity index (χ1n) is 3.34. The summed E-state index contributed by atoms with van der Waals surface area (Å²) < 4.78 is 5.21. The van der Waals surface area contributed by atoms with Crippen molar-refractivity contribution in [1.29, 1.82) is 0 Å². The Balaban J connectivity index is 2.10. The lowest BCUT2D eigenvalue weighted by Crippen LogP contribution is -2.08. The molecule has 0 bridgehead atoms. The first kappa shape index (κ1) is 8.10. The molecule has 10 heavy (non-hydrogen) atoms. The molecule has 0 aliphatic heterocycles. The predicted molar refractivity (Wildman–Crippen MR) is 45.1 cm³/mol. The smallest absolute Gasteiger partial charge is 0.107 e. The maximum Gasteiger partial charge on any atom is 0.107 e. The molecule has 0 heterocycles. The summed E-state index contributed by atoms with van der Waals surface area (Å²) in [5.41, 5.74) is 0.358. The number of rotatable bonds is 3. The van der Waals surface area contributed by atoms with Gasteiger partial charge in [0.25, 0.3) is 0 Å². The second-order valence-corrected chi connectivity index (χ2v) is 4.13. The Morgan fingerprint density at radius 2 is 2.50 bits per heavy atom. The van der Waals surface area contributed by atoms with E-state index in [1.807, 2.05) is 0 Å². The highest BCUT2D eigenvalue weighted by Gasteiger charge is 2.48. The second-order valence-electron chi connectivity index (χ2n) is 3.02. The van der Waals surface area contributed by atoms with Gasteiger partial charge in [0, 0.05) is 10.2 Å². The molecule has 1 saturated carbocycles. The molecule has 1 fully saturated rings. The molecule has 0 aromatic carbocycles. The molecule has 1 aliphatic carbocycles. The van der Waals surface area contributed by atoms with Gasteiger partial charge in [-0.1, -0.05) is 28.8 Å². The van der Waals surface area contributed by atoms with E-state index in [1.165, 1.54) is 6.42 Å². The standard InChI is InChI=1S/C8H11BrO/c1-3-4-10-6-8(2)5-7(8)9/h1,7H,4-6H2,2H3/t7-,8-/m0/s1. The van der Waals surface area contributed by atoms with Crippen LogP contribution in [0.3, 0.4) is 0 Å². The topological polar surface area (TPSA) is 9.23 Å². The van der Waals surface area contributed by atoms with Crippen LogP contribution < -0.4 is 0 Å². The normalized spacial score (nSPS) is 37.1. The lowest BCUT2D eigenvalue weighted by Gasteiger charge is -2.06. The van der Waals surface area contributed by atoms with E-state index in [9.17, 15) is 0 Å². The Bertz CT molecular complexity index is 161. The van der Waals surface area contributed by atoms with Crippen LogP contribution in [0.4, 0.5) is 0 Å². The molecule has 2 heteroatoms. The fourth-order valence-electron chi connectivity index (χ4n) is 0.843. The van der Waals surface area contributed by atoms with Crippen LogP contribution in [0.2, 0.25) is 0 Å². The zero-order chi connectivity index (χ0) is 7.61. The van der Waals surface area contributed by atoms with Gasteiger partial charge in [0.1, 0.15) is 6.61 Å². The van der Waals surface area contributed by atoms with Gasteiger partial charge < -0.3 is 4.74 Å². The van der Waals surface area contributed by atoms with E-state index in [0.29, 0.717) is 16.8 Å². The van der Waals surface area contributed by atoms with Crippen LogP contribution in [0.5, 0.6) is 0 Å². The lowest BCUT2D eigenvalue weighted by molar-refractivity contribution is 0.125. The van der Waals surface area contributed by atoms with Gasteiger partial charge in [-0.15, -0.1) is 6.42 Å². The highest BCUT2D eigenvalue weighted by Crippen LogP contribution is 2.51. The van der Waals surface area contributed by atoms with Gasteiger partial charge in [-0.25, -0.2) is 0 Å².